The van der Waals surface area contributed by atoms with Crippen LogP contribution in [-0.2, 0) is 14.6 Å². The van der Waals surface area contributed by atoms with Crippen molar-refractivity contribution in [3.63, 3.8) is 0 Å². The maximum absolute atomic E-state index is 11.4. The van der Waals surface area contributed by atoms with Crippen LogP contribution in [0.2, 0.25) is 0 Å². The minimum atomic E-state index is -2.83. The Hall–Kier alpha value is -0.490. The normalized spacial score (nSPS) is 23.0. The van der Waals surface area contributed by atoms with Crippen molar-refractivity contribution >= 4 is 27.5 Å². The van der Waals surface area contributed by atoms with Crippen LogP contribution < -0.4 is 5.32 Å². The summed E-state index contributed by atoms with van der Waals surface area (Å²) < 4.78 is 22.4. The highest BCUT2D eigenvalue weighted by atomic mass is 32.2. The largest absolute Gasteiger partial charge is 0.355 e. The van der Waals surface area contributed by atoms with Gasteiger partial charge in [-0.1, -0.05) is 12.2 Å². The molecule has 1 fully saturated rings. The molecule has 0 saturated carbocycles. The third-order valence-corrected chi connectivity index (χ3v) is 5.79. The third kappa shape index (κ3) is 6.12. The summed E-state index contributed by atoms with van der Waals surface area (Å²) in [6.07, 6.45) is 5.46. The van der Waals surface area contributed by atoms with Gasteiger partial charge in [0, 0.05) is 11.8 Å². The van der Waals surface area contributed by atoms with Crippen molar-refractivity contribution < 1.29 is 13.2 Å². The molecule has 4 nitrogen and oxygen atoms in total. The average Bonchev–Trinajstić information content (AvgIpc) is 2.62. The van der Waals surface area contributed by atoms with Crippen LogP contribution in [0.3, 0.4) is 0 Å². The average molecular weight is 277 g/mol. The second kappa shape index (κ2) is 7.06. The maximum Gasteiger partial charge on any atom is 0.230 e. The lowest BCUT2D eigenvalue weighted by Crippen LogP contribution is -2.26. The summed E-state index contributed by atoms with van der Waals surface area (Å²) in [6, 6.07) is 0. The molecule has 1 N–H and O–H groups in total. The smallest absolute Gasteiger partial charge is 0.230 e. The number of sulfone groups is 1. The molecule has 1 atom stereocenters. The van der Waals surface area contributed by atoms with Crippen LogP contribution >= 0.6 is 11.8 Å². The monoisotopic (exact) mass is 277 g/mol. The molecule has 6 heteroatoms. The molecule has 1 aliphatic rings. The van der Waals surface area contributed by atoms with Crippen LogP contribution in [0.25, 0.3) is 0 Å². The summed E-state index contributed by atoms with van der Waals surface area (Å²) in [4.78, 5) is 11.4. The first-order chi connectivity index (χ1) is 8.03. The van der Waals surface area contributed by atoms with Gasteiger partial charge in [0.05, 0.1) is 17.3 Å². The van der Waals surface area contributed by atoms with E-state index in [0.29, 0.717) is 18.7 Å². The van der Waals surface area contributed by atoms with E-state index in [0.717, 1.165) is 6.42 Å². The van der Waals surface area contributed by atoms with Crippen molar-refractivity contribution in [1.82, 2.24) is 5.32 Å². The molecule has 1 aliphatic heterocycles. The molecule has 0 aromatic rings. The Morgan fingerprint density at radius 3 is 2.88 bits per heavy atom. The van der Waals surface area contributed by atoms with Crippen LogP contribution in [0, 0.1) is 0 Å². The fourth-order valence-corrected chi connectivity index (χ4v) is 5.07. The summed E-state index contributed by atoms with van der Waals surface area (Å²) in [5.74, 6) is 0.844. The minimum absolute atomic E-state index is 0.0104. The Bertz CT molecular complexity index is 376. The van der Waals surface area contributed by atoms with Gasteiger partial charge >= 0.3 is 0 Å². The molecule has 0 aromatic heterocycles. The van der Waals surface area contributed by atoms with Crippen molar-refractivity contribution in [2.75, 3.05) is 23.8 Å². The topological polar surface area (TPSA) is 63.2 Å². The number of allylic oxidation sites excluding steroid dienone is 1. The number of carbonyl (C=O) groups is 1. The standard InChI is InChI=1S/C11H19NO3S2/c1-2-3-4-6-12-11(13)8-16-10-5-7-17(14,15)9-10/h2-3,10H,4-9H2,1H3,(H,12,13)/b3-2+. The number of nitrogens with one attached hydrogen (secondary N) is 1. The highest BCUT2D eigenvalue weighted by Gasteiger charge is 2.28. The Kier molecular flexibility index (Phi) is 6.05. The minimum Gasteiger partial charge on any atom is -0.355 e. The van der Waals surface area contributed by atoms with E-state index >= 15 is 0 Å². The molecule has 1 unspecified atom stereocenters. The van der Waals surface area contributed by atoms with Gasteiger partial charge in [-0.15, -0.1) is 11.8 Å². The molecule has 0 aliphatic carbocycles. The second-order valence-electron chi connectivity index (χ2n) is 4.04. The summed E-state index contributed by atoms with van der Waals surface area (Å²) in [6.45, 7) is 2.59. The first-order valence-corrected chi connectivity index (χ1v) is 8.60. The number of carbonyl (C=O) groups excluding carboxylic acids is 1. The fourth-order valence-electron chi connectivity index (χ4n) is 1.60. The van der Waals surface area contributed by atoms with E-state index < -0.39 is 9.84 Å². The SMILES string of the molecule is C/C=C/CCNC(=O)CSC1CCS(=O)(=O)C1. The molecule has 1 rings (SSSR count). The van der Waals surface area contributed by atoms with Gasteiger partial charge < -0.3 is 5.32 Å². The van der Waals surface area contributed by atoms with E-state index in [1.54, 1.807) is 0 Å². The predicted octanol–water partition coefficient (Wildman–Crippen LogP) is 0.989. The zero-order chi connectivity index (χ0) is 12.7. The molecule has 1 heterocycles. The number of rotatable bonds is 6. The molecule has 0 radical (unpaired) electrons. The van der Waals surface area contributed by atoms with E-state index in [9.17, 15) is 13.2 Å². The number of hydrogen-bond acceptors (Lipinski definition) is 4. The second-order valence-corrected chi connectivity index (χ2v) is 7.56. The number of hydrogen-bond donors (Lipinski definition) is 1. The highest BCUT2D eigenvalue weighted by molar-refractivity contribution is 8.02. The third-order valence-electron chi connectivity index (χ3n) is 2.51. The molecule has 17 heavy (non-hydrogen) atoms. The van der Waals surface area contributed by atoms with Gasteiger partial charge in [0.25, 0.3) is 0 Å². The van der Waals surface area contributed by atoms with Crippen molar-refractivity contribution in [2.45, 2.75) is 25.0 Å². The first kappa shape index (κ1) is 14.6. The fraction of sp³-hybridized carbons (Fsp3) is 0.727. The lowest BCUT2D eigenvalue weighted by Gasteiger charge is -2.07. The Balaban J connectivity index is 2.12. The van der Waals surface area contributed by atoms with Crippen LogP contribution in [0.15, 0.2) is 12.2 Å². The lowest BCUT2D eigenvalue weighted by atomic mass is 10.4. The summed E-state index contributed by atoms with van der Waals surface area (Å²) in [5, 5.41) is 2.90. The Morgan fingerprint density at radius 1 is 1.53 bits per heavy atom. The predicted molar refractivity (Wildman–Crippen MR) is 72.0 cm³/mol. The van der Waals surface area contributed by atoms with E-state index in [2.05, 4.69) is 5.32 Å². The highest BCUT2D eigenvalue weighted by Crippen LogP contribution is 2.23. The maximum atomic E-state index is 11.4. The van der Waals surface area contributed by atoms with Crippen LogP contribution in [0.5, 0.6) is 0 Å². The molecule has 0 spiro atoms. The van der Waals surface area contributed by atoms with Gasteiger partial charge in [-0.3, -0.25) is 4.79 Å². The molecule has 1 amide bonds. The Morgan fingerprint density at radius 2 is 2.29 bits per heavy atom. The van der Waals surface area contributed by atoms with Gasteiger partial charge in [0.15, 0.2) is 9.84 Å². The summed E-state index contributed by atoms with van der Waals surface area (Å²) in [7, 11) is -2.83. The molecule has 1 saturated heterocycles. The lowest BCUT2D eigenvalue weighted by molar-refractivity contribution is -0.118. The molecule has 98 valence electrons. The first-order valence-electron chi connectivity index (χ1n) is 5.73. The van der Waals surface area contributed by atoms with Gasteiger partial charge in [-0.2, -0.15) is 0 Å². The zero-order valence-corrected chi connectivity index (χ0v) is 11.6. The Labute approximate surface area is 107 Å². The van der Waals surface area contributed by atoms with Crippen molar-refractivity contribution in [3.8, 4) is 0 Å². The molecular formula is C11H19NO3S2. The number of amides is 1. The zero-order valence-electron chi connectivity index (χ0n) is 10.0. The molecule has 0 bridgehead atoms. The van der Waals surface area contributed by atoms with E-state index in [1.807, 2.05) is 19.1 Å². The van der Waals surface area contributed by atoms with Crippen LogP contribution in [-0.4, -0.2) is 43.4 Å². The van der Waals surface area contributed by atoms with E-state index in [-0.39, 0.29) is 22.7 Å². The van der Waals surface area contributed by atoms with Gasteiger partial charge in [0.1, 0.15) is 0 Å². The van der Waals surface area contributed by atoms with Gasteiger partial charge in [-0.05, 0) is 19.8 Å². The molecule has 0 aromatic carbocycles. The van der Waals surface area contributed by atoms with E-state index in [1.165, 1.54) is 11.8 Å². The summed E-state index contributed by atoms with van der Waals surface area (Å²) >= 11 is 1.45. The number of thioether (sulfide) groups is 1. The van der Waals surface area contributed by atoms with Crippen molar-refractivity contribution in [2.24, 2.45) is 0 Å². The van der Waals surface area contributed by atoms with Gasteiger partial charge in [-0.25, -0.2) is 8.42 Å². The summed E-state index contributed by atoms with van der Waals surface area (Å²) in [5.41, 5.74) is 0. The van der Waals surface area contributed by atoms with Crippen LogP contribution in [0.1, 0.15) is 19.8 Å². The van der Waals surface area contributed by atoms with Crippen molar-refractivity contribution in [1.29, 1.82) is 0 Å². The molecular weight excluding hydrogens is 258 g/mol. The van der Waals surface area contributed by atoms with Crippen LogP contribution in [0.4, 0.5) is 0 Å². The van der Waals surface area contributed by atoms with E-state index in [4.69, 9.17) is 0 Å². The van der Waals surface area contributed by atoms with Gasteiger partial charge in [0.2, 0.25) is 5.91 Å². The van der Waals surface area contributed by atoms with Crippen molar-refractivity contribution in [3.05, 3.63) is 12.2 Å². The quantitative estimate of drug-likeness (QED) is 0.581.